The first-order valence-electron chi connectivity index (χ1n) is 7.35. The van der Waals surface area contributed by atoms with Crippen LogP contribution in [0.4, 0.5) is 0 Å². The molecule has 0 amide bonds. The molecular formula is C20H13NO2. The number of hydrogen-bond acceptors (Lipinski definition) is 2. The third-order valence-corrected chi connectivity index (χ3v) is 4.00. The van der Waals surface area contributed by atoms with Crippen molar-refractivity contribution in [3.05, 3.63) is 78.4 Å². The molecule has 4 aromatic rings. The number of hydrogen-bond donors (Lipinski definition) is 1. The van der Waals surface area contributed by atoms with Gasteiger partial charge in [-0.1, -0.05) is 60.7 Å². The summed E-state index contributed by atoms with van der Waals surface area (Å²) in [5.41, 5.74) is 2.56. The molecular weight excluding hydrogens is 286 g/mol. The highest BCUT2D eigenvalue weighted by atomic mass is 16.4. The number of carbonyl (C=O) groups is 1. The van der Waals surface area contributed by atoms with Gasteiger partial charge in [0.2, 0.25) is 0 Å². The average Bonchev–Trinajstić information content (AvgIpc) is 2.61. The molecule has 23 heavy (non-hydrogen) atoms. The first-order valence-corrected chi connectivity index (χ1v) is 7.35. The normalized spacial score (nSPS) is 11.0. The van der Waals surface area contributed by atoms with Crippen LogP contribution in [-0.4, -0.2) is 16.1 Å². The highest BCUT2D eigenvalue weighted by Gasteiger charge is 2.15. The summed E-state index contributed by atoms with van der Waals surface area (Å²) in [6, 6.07) is 22.9. The van der Waals surface area contributed by atoms with E-state index in [1.54, 1.807) is 6.07 Å². The fourth-order valence-electron chi connectivity index (χ4n) is 2.93. The lowest BCUT2D eigenvalue weighted by atomic mass is 9.99. The van der Waals surface area contributed by atoms with E-state index in [1.807, 2.05) is 66.7 Å². The van der Waals surface area contributed by atoms with Crippen LogP contribution in [0.25, 0.3) is 32.9 Å². The van der Waals surface area contributed by atoms with Gasteiger partial charge in [-0.2, -0.15) is 0 Å². The van der Waals surface area contributed by atoms with Crippen molar-refractivity contribution in [3.8, 4) is 11.3 Å². The molecule has 0 bridgehead atoms. The molecule has 0 spiro atoms. The molecule has 1 aromatic heterocycles. The number of fused-ring (bicyclic) bond motifs is 3. The zero-order chi connectivity index (χ0) is 15.8. The van der Waals surface area contributed by atoms with Crippen molar-refractivity contribution in [1.82, 2.24) is 4.98 Å². The maximum absolute atomic E-state index is 11.8. The second-order valence-corrected chi connectivity index (χ2v) is 5.41. The largest absolute Gasteiger partial charge is 0.478 e. The Hall–Kier alpha value is -3.20. The van der Waals surface area contributed by atoms with Crippen LogP contribution < -0.4 is 0 Å². The molecule has 0 fully saturated rings. The number of carboxylic acid groups (broad SMARTS) is 1. The summed E-state index contributed by atoms with van der Waals surface area (Å²) >= 11 is 0. The van der Waals surface area contributed by atoms with Gasteiger partial charge in [0.1, 0.15) is 0 Å². The van der Waals surface area contributed by atoms with Crippen LogP contribution in [0.1, 0.15) is 10.4 Å². The van der Waals surface area contributed by atoms with E-state index in [9.17, 15) is 9.90 Å². The maximum atomic E-state index is 11.8. The van der Waals surface area contributed by atoms with Crippen LogP contribution in [0, 0.1) is 0 Å². The van der Waals surface area contributed by atoms with Crippen molar-refractivity contribution in [2.75, 3.05) is 0 Å². The summed E-state index contributed by atoms with van der Waals surface area (Å²) in [4.78, 5) is 16.5. The van der Waals surface area contributed by atoms with E-state index in [1.165, 1.54) is 0 Å². The van der Waals surface area contributed by atoms with Crippen LogP contribution in [0.2, 0.25) is 0 Å². The fraction of sp³-hybridized carbons (Fsp3) is 0. The molecule has 3 heteroatoms. The number of carboxylic acids is 1. The molecule has 3 aromatic carbocycles. The summed E-state index contributed by atoms with van der Waals surface area (Å²) in [5, 5.41) is 12.3. The molecule has 0 aliphatic heterocycles. The van der Waals surface area contributed by atoms with Gasteiger partial charge in [0.05, 0.1) is 16.8 Å². The van der Waals surface area contributed by atoms with Crippen molar-refractivity contribution in [3.63, 3.8) is 0 Å². The number of rotatable bonds is 2. The second-order valence-electron chi connectivity index (χ2n) is 5.41. The Morgan fingerprint density at radius 2 is 1.61 bits per heavy atom. The lowest BCUT2D eigenvalue weighted by Gasteiger charge is -2.10. The number of aromatic carboxylic acids is 1. The van der Waals surface area contributed by atoms with Crippen molar-refractivity contribution < 1.29 is 9.90 Å². The summed E-state index contributed by atoms with van der Waals surface area (Å²) in [7, 11) is 0. The predicted molar refractivity (Wildman–Crippen MR) is 91.6 cm³/mol. The van der Waals surface area contributed by atoms with Crippen LogP contribution in [-0.2, 0) is 0 Å². The zero-order valence-corrected chi connectivity index (χ0v) is 12.2. The topological polar surface area (TPSA) is 50.2 Å². The number of aromatic nitrogens is 1. The second kappa shape index (κ2) is 5.21. The summed E-state index contributed by atoms with van der Waals surface area (Å²) < 4.78 is 0. The lowest BCUT2D eigenvalue weighted by Crippen LogP contribution is -2.01. The quantitative estimate of drug-likeness (QED) is 0.543. The third kappa shape index (κ3) is 2.23. The molecule has 0 saturated heterocycles. The van der Waals surface area contributed by atoms with E-state index in [0.717, 1.165) is 16.3 Å². The number of benzene rings is 3. The molecule has 0 unspecified atom stereocenters. The number of pyridine rings is 1. The van der Waals surface area contributed by atoms with E-state index in [-0.39, 0.29) is 5.56 Å². The summed E-state index contributed by atoms with van der Waals surface area (Å²) in [6.07, 6.45) is 0. The standard InChI is InChI=1S/C20H13NO2/c22-20(23)16-12-18(14-7-2-1-3-8-14)21-17-11-10-13-6-4-5-9-15(13)19(16)17/h1-12H,(H,22,23). The van der Waals surface area contributed by atoms with Gasteiger partial charge >= 0.3 is 5.97 Å². The lowest BCUT2D eigenvalue weighted by molar-refractivity contribution is 0.0699. The molecule has 0 radical (unpaired) electrons. The molecule has 0 atom stereocenters. The number of nitrogens with zero attached hydrogens (tertiary/aromatic N) is 1. The first-order chi connectivity index (χ1) is 11.2. The van der Waals surface area contributed by atoms with E-state index in [4.69, 9.17) is 0 Å². The Bertz CT molecular complexity index is 1040. The Labute approximate surface area is 132 Å². The van der Waals surface area contributed by atoms with Crippen LogP contribution >= 0.6 is 0 Å². The molecule has 0 aliphatic rings. The van der Waals surface area contributed by atoms with E-state index >= 15 is 0 Å². The van der Waals surface area contributed by atoms with Crippen molar-refractivity contribution in [1.29, 1.82) is 0 Å². The van der Waals surface area contributed by atoms with Crippen LogP contribution in [0.5, 0.6) is 0 Å². The molecule has 110 valence electrons. The third-order valence-electron chi connectivity index (χ3n) is 4.00. The Morgan fingerprint density at radius 1 is 0.870 bits per heavy atom. The zero-order valence-electron chi connectivity index (χ0n) is 12.2. The highest BCUT2D eigenvalue weighted by Crippen LogP contribution is 2.30. The van der Waals surface area contributed by atoms with Gasteiger partial charge in [0.25, 0.3) is 0 Å². The first kappa shape index (κ1) is 13.5. The Morgan fingerprint density at radius 3 is 2.39 bits per heavy atom. The predicted octanol–water partition coefficient (Wildman–Crippen LogP) is 4.75. The minimum Gasteiger partial charge on any atom is -0.478 e. The average molecular weight is 299 g/mol. The maximum Gasteiger partial charge on any atom is 0.336 e. The van der Waals surface area contributed by atoms with Crippen molar-refractivity contribution in [2.24, 2.45) is 0 Å². The molecule has 1 heterocycles. The molecule has 0 aliphatic carbocycles. The fourth-order valence-corrected chi connectivity index (χ4v) is 2.93. The molecule has 0 saturated carbocycles. The minimum atomic E-state index is -0.939. The van der Waals surface area contributed by atoms with Crippen molar-refractivity contribution in [2.45, 2.75) is 0 Å². The van der Waals surface area contributed by atoms with E-state index < -0.39 is 5.97 Å². The van der Waals surface area contributed by atoms with E-state index in [0.29, 0.717) is 16.6 Å². The summed E-state index contributed by atoms with van der Waals surface area (Å²) in [6.45, 7) is 0. The molecule has 1 N–H and O–H groups in total. The smallest absolute Gasteiger partial charge is 0.336 e. The highest BCUT2D eigenvalue weighted by molar-refractivity contribution is 6.15. The Kier molecular flexibility index (Phi) is 3.05. The van der Waals surface area contributed by atoms with E-state index in [2.05, 4.69) is 4.98 Å². The monoisotopic (exact) mass is 299 g/mol. The van der Waals surface area contributed by atoms with Gasteiger partial charge in [0, 0.05) is 10.9 Å². The van der Waals surface area contributed by atoms with Crippen LogP contribution in [0.3, 0.4) is 0 Å². The van der Waals surface area contributed by atoms with Gasteiger partial charge in [-0.05, 0) is 22.9 Å². The van der Waals surface area contributed by atoms with Crippen molar-refractivity contribution >= 4 is 27.6 Å². The van der Waals surface area contributed by atoms with Gasteiger partial charge < -0.3 is 5.11 Å². The van der Waals surface area contributed by atoms with Gasteiger partial charge in [-0.3, -0.25) is 0 Å². The van der Waals surface area contributed by atoms with Gasteiger partial charge in [-0.25, -0.2) is 9.78 Å². The van der Waals surface area contributed by atoms with Gasteiger partial charge in [0.15, 0.2) is 0 Å². The molecule has 3 nitrogen and oxygen atoms in total. The summed E-state index contributed by atoms with van der Waals surface area (Å²) in [5.74, 6) is -0.939. The minimum absolute atomic E-state index is 0.283. The van der Waals surface area contributed by atoms with Gasteiger partial charge in [-0.15, -0.1) is 0 Å². The SMILES string of the molecule is O=C(O)c1cc(-c2ccccc2)nc2ccc3ccccc3c12. The molecule has 4 rings (SSSR count). The Balaban J connectivity index is 2.12. The van der Waals surface area contributed by atoms with Crippen LogP contribution in [0.15, 0.2) is 72.8 Å².